The number of piperidine rings is 1. The maximum absolute atomic E-state index is 12.4. The summed E-state index contributed by atoms with van der Waals surface area (Å²) in [7, 11) is 0. The first-order chi connectivity index (χ1) is 9.13. The molecule has 3 heterocycles. The number of carbonyl (C=O) groups is 1. The van der Waals surface area contributed by atoms with E-state index in [9.17, 15) is 4.79 Å². The molecule has 0 aromatic heterocycles. The standard InChI is InChI=1S/C15H27N3O/c1-10(2)18-7-5-11(6-8-18)17-15(19)13-9-12-3-4-14(13)16-12/h10-14,16H,3-9H2,1-2H3,(H,17,19). The summed E-state index contributed by atoms with van der Waals surface area (Å²) in [6.45, 7) is 6.74. The zero-order valence-electron chi connectivity index (χ0n) is 12.2. The van der Waals surface area contributed by atoms with Gasteiger partial charge in [-0.05, 0) is 46.0 Å². The Hall–Kier alpha value is -0.610. The molecule has 0 aliphatic carbocycles. The van der Waals surface area contributed by atoms with E-state index in [2.05, 4.69) is 29.4 Å². The van der Waals surface area contributed by atoms with Crippen molar-refractivity contribution in [1.82, 2.24) is 15.5 Å². The lowest BCUT2D eigenvalue weighted by molar-refractivity contribution is -0.126. The monoisotopic (exact) mass is 265 g/mol. The predicted molar refractivity (Wildman–Crippen MR) is 75.9 cm³/mol. The third-order valence-corrected chi connectivity index (χ3v) is 5.24. The number of hydrogen-bond donors (Lipinski definition) is 2. The number of rotatable bonds is 3. The molecule has 0 aromatic rings. The van der Waals surface area contributed by atoms with Crippen LogP contribution in [0.25, 0.3) is 0 Å². The molecule has 3 unspecified atom stereocenters. The summed E-state index contributed by atoms with van der Waals surface area (Å²) in [4.78, 5) is 14.9. The largest absolute Gasteiger partial charge is 0.353 e. The number of fused-ring (bicyclic) bond motifs is 2. The third-order valence-electron chi connectivity index (χ3n) is 5.24. The molecule has 3 aliphatic rings. The second-order valence-electron chi connectivity index (χ2n) is 6.80. The third kappa shape index (κ3) is 2.79. The smallest absolute Gasteiger partial charge is 0.224 e. The molecule has 1 amide bonds. The molecule has 3 fully saturated rings. The highest BCUT2D eigenvalue weighted by Gasteiger charge is 2.43. The fourth-order valence-corrected chi connectivity index (χ4v) is 3.98. The van der Waals surface area contributed by atoms with Crippen LogP contribution in [0.15, 0.2) is 0 Å². The van der Waals surface area contributed by atoms with Crippen molar-refractivity contribution in [2.75, 3.05) is 13.1 Å². The lowest BCUT2D eigenvalue weighted by Gasteiger charge is -2.35. The first-order valence-electron chi connectivity index (χ1n) is 7.94. The van der Waals surface area contributed by atoms with E-state index in [4.69, 9.17) is 0 Å². The molecule has 3 saturated heterocycles. The minimum Gasteiger partial charge on any atom is -0.353 e. The first kappa shape index (κ1) is 13.4. The van der Waals surface area contributed by atoms with Crippen molar-refractivity contribution in [3.05, 3.63) is 0 Å². The maximum atomic E-state index is 12.4. The van der Waals surface area contributed by atoms with Crippen LogP contribution in [0.2, 0.25) is 0 Å². The summed E-state index contributed by atoms with van der Waals surface area (Å²) in [5.74, 6) is 0.546. The molecule has 2 N–H and O–H groups in total. The number of amides is 1. The lowest BCUT2D eigenvalue weighted by Crippen LogP contribution is -2.49. The number of hydrogen-bond acceptors (Lipinski definition) is 3. The van der Waals surface area contributed by atoms with Gasteiger partial charge in [0.05, 0.1) is 5.92 Å². The maximum Gasteiger partial charge on any atom is 0.224 e. The van der Waals surface area contributed by atoms with E-state index >= 15 is 0 Å². The summed E-state index contributed by atoms with van der Waals surface area (Å²) >= 11 is 0. The van der Waals surface area contributed by atoms with E-state index in [0.29, 0.717) is 30.1 Å². The molecule has 4 heteroatoms. The van der Waals surface area contributed by atoms with Crippen LogP contribution in [0.5, 0.6) is 0 Å². The Morgan fingerprint density at radius 2 is 1.95 bits per heavy atom. The zero-order chi connectivity index (χ0) is 13.4. The summed E-state index contributed by atoms with van der Waals surface area (Å²) in [6, 6.07) is 2.11. The van der Waals surface area contributed by atoms with Gasteiger partial charge in [0.2, 0.25) is 5.91 Å². The second kappa shape index (κ2) is 5.41. The molecular weight excluding hydrogens is 238 g/mol. The molecule has 0 radical (unpaired) electrons. The van der Waals surface area contributed by atoms with Crippen molar-refractivity contribution in [3.63, 3.8) is 0 Å². The van der Waals surface area contributed by atoms with E-state index in [-0.39, 0.29) is 5.92 Å². The van der Waals surface area contributed by atoms with Crippen LogP contribution in [0, 0.1) is 5.92 Å². The molecule has 0 saturated carbocycles. The van der Waals surface area contributed by atoms with Gasteiger partial charge in [0.1, 0.15) is 0 Å². The fourth-order valence-electron chi connectivity index (χ4n) is 3.98. The van der Waals surface area contributed by atoms with Crippen LogP contribution in [0.1, 0.15) is 46.0 Å². The number of likely N-dealkylation sites (tertiary alicyclic amines) is 1. The van der Waals surface area contributed by atoms with Gasteiger partial charge in [0.15, 0.2) is 0 Å². The van der Waals surface area contributed by atoms with Gasteiger partial charge < -0.3 is 15.5 Å². The van der Waals surface area contributed by atoms with Crippen molar-refractivity contribution in [2.24, 2.45) is 5.92 Å². The molecule has 0 aromatic carbocycles. The van der Waals surface area contributed by atoms with Gasteiger partial charge in [0.25, 0.3) is 0 Å². The van der Waals surface area contributed by atoms with Crippen LogP contribution in [0.3, 0.4) is 0 Å². The average molecular weight is 265 g/mol. The van der Waals surface area contributed by atoms with E-state index in [1.165, 1.54) is 12.8 Å². The van der Waals surface area contributed by atoms with Crippen LogP contribution < -0.4 is 10.6 Å². The Labute approximate surface area is 116 Å². The molecule has 3 atom stereocenters. The summed E-state index contributed by atoms with van der Waals surface area (Å²) in [5, 5.41) is 6.85. The van der Waals surface area contributed by atoms with E-state index in [1.807, 2.05) is 0 Å². The van der Waals surface area contributed by atoms with E-state index in [0.717, 1.165) is 32.4 Å². The minimum atomic E-state index is 0.238. The number of carbonyl (C=O) groups excluding carboxylic acids is 1. The normalized spacial score (nSPS) is 36.1. The zero-order valence-corrected chi connectivity index (χ0v) is 12.2. The Balaban J connectivity index is 1.46. The van der Waals surface area contributed by atoms with Gasteiger partial charge in [-0.15, -0.1) is 0 Å². The highest BCUT2D eigenvalue weighted by Crippen LogP contribution is 2.33. The van der Waals surface area contributed by atoms with Crippen molar-refractivity contribution in [3.8, 4) is 0 Å². The van der Waals surface area contributed by atoms with Gasteiger partial charge in [-0.25, -0.2) is 0 Å². The van der Waals surface area contributed by atoms with Crippen molar-refractivity contribution < 1.29 is 4.79 Å². The minimum absolute atomic E-state index is 0.238. The molecule has 4 nitrogen and oxygen atoms in total. The Bertz CT molecular complexity index is 336. The Morgan fingerprint density at radius 1 is 1.21 bits per heavy atom. The summed E-state index contributed by atoms with van der Waals surface area (Å²) in [5.41, 5.74) is 0. The number of nitrogens with zero attached hydrogens (tertiary/aromatic N) is 1. The molecule has 108 valence electrons. The average Bonchev–Trinajstić information content (AvgIpc) is 3.01. The van der Waals surface area contributed by atoms with Gasteiger partial charge >= 0.3 is 0 Å². The summed E-state index contributed by atoms with van der Waals surface area (Å²) in [6.07, 6.45) is 5.73. The quantitative estimate of drug-likeness (QED) is 0.803. The fraction of sp³-hybridized carbons (Fsp3) is 0.933. The predicted octanol–water partition coefficient (Wildman–Crippen LogP) is 1.12. The molecule has 3 aliphatic heterocycles. The summed E-state index contributed by atoms with van der Waals surface area (Å²) < 4.78 is 0. The molecule has 19 heavy (non-hydrogen) atoms. The van der Waals surface area contributed by atoms with Gasteiger partial charge in [-0.1, -0.05) is 0 Å². The highest BCUT2D eigenvalue weighted by atomic mass is 16.2. The van der Waals surface area contributed by atoms with E-state index in [1.54, 1.807) is 0 Å². The van der Waals surface area contributed by atoms with Crippen LogP contribution >= 0.6 is 0 Å². The Morgan fingerprint density at radius 3 is 2.47 bits per heavy atom. The van der Waals surface area contributed by atoms with Crippen LogP contribution in [0.4, 0.5) is 0 Å². The molecular formula is C15H27N3O. The molecule has 0 spiro atoms. The van der Waals surface area contributed by atoms with Crippen molar-refractivity contribution in [1.29, 1.82) is 0 Å². The highest BCUT2D eigenvalue weighted by molar-refractivity contribution is 5.80. The first-order valence-corrected chi connectivity index (χ1v) is 7.94. The molecule has 2 bridgehead atoms. The molecule has 3 rings (SSSR count). The van der Waals surface area contributed by atoms with E-state index < -0.39 is 0 Å². The number of nitrogens with one attached hydrogen (secondary N) is 2. The van der Waals surface area contributed by atoms with Gasteiger partial charge in [-0.2, -0.15) is 0 Å². The van der Waals surface area contributed by atoms with Crippen molar-refractivity contribution in [2.45, 2.75) is 70.1 Å². The topological polar surface area (TPSA) is 44.4 Å². The van der Waals surface area contributed by atoms with Crippen LogP contribution in [-0.4, -0.2) is 48.1 Å². The van der Waals surface area contributed by atoms with Crippen molar-refractivity contribution >= 4 is 5.91 Å². The van der Waals surface area contributed by atoms with Gasteiger partial charge in [-0.3, -0.25) is 4.79 Å². The van der Waals surface area contributed by atoms with Gasteiger partial charge in [0, 0.05) is 37.3 Å². The Kier molecular flexibility index (Phi) is 3.81. The lowest BCUT2D eigenvalue weighted by atomic mass is 9.88. The second-order valence-corrected chi connectivity index (χ2v) is 6.80. The van der Waals surface area contributed by atoms with Crippen LogP contribution in [-0.2, 0) is 4.79 Å². The SMILES string of the molecule is CC(C)N1CCC(NC(=O)C2CC3CCC2N3)CC1.